The van der Waals surface area contributed by atoms with E-state index in [0.717, 1.165) is 18.2 Å². The highest BCUT2D eigenvalue weighted by Crippen LogP contribution is 2.23. The molecular weight excluding hydrogens is 506 g/mol. The van der Waals surface area contributed by atoms with E-state index >= 15 is 0 Å². The van der Waals surface area contributed by atoms with Crippen LogP contribution in [0.1, 0.15) is 52.0 Å². The minimum atomic E-state index is -3.57. The number of anilines is 1. The summed E-state index contributed by atoms with van der Waals surface area (Å²) >= 11 is 0. The van der Waals surface area contributed by atoms with E-state index in [4.69, 9.17) is 9.47 Å². The Morgan fingerprint density at radius 3 is 2.32 bits per heavy atom. The molecule has 2 amide bonds. The molecular formula is C28H41N3O6S. The van der Waals surface area contributed by atoms with Gasteiger partial charge in [-0.1, -0.05) is 26.0 Å². The number of rotatable bonds is 16. The first-order valence-corrected chi connectivity index (χ1v) is 14.9. The van der Waals surface area contributed by atoms with Gasteiger partial charge in [-0.2, -0.15) is 0 Å². The summed E-state index contributed by atoms with van der Waals surface area (Å²) in [5.74, 6) is 0.904. The van der Waals surface area contributed by atoms with Crippen molar-refractivity contribution in [2.75, 3.05) is 37.4 Å². The van der Waals surface area contributed by atoms with Crippen molar-refractivity contribution in [2.45, 2.75) is 59.0 Å². The highest BCUT2D eigenvalue weighted by Gasteiger charge is 2.28. The predicted octanol–water partition coefficient (Wildman–Crippen LogP) is 3.97. The zero-order valence-corrected chi connectivity index (χ0v) is 23.9. The maximum absolute atomic E-state index is 13.5. The molecule has 0 aliphatic carbocycles. The Kier molecular flexibility index (Phi) is 12.4. The zero-order valence-electron chi connectivity index (χ0n) is 23.1. The van der Waals surface area contributed by atoms with Crippen LogP contribution in [0.25, 0.3) is 0 Å². The lowest BCUT2D eigenvalue weighted by atomic mass is 10.1. The van der Waals surface area contributed by atoms with Crippen molar-refractivity contribution in [2.24, 2.45) is 0 Å². The Morgan fingerprint density at radius 1 is 1.03 bits per heavy atom. The fourth-order valence-electron chi connectivity index (χ4n) is 4.13. The van der Waals surface area contributed by atoms with Crippen molar-refractivity contribution in [1.82, 2.24) is 10.2 Å². The lowest BCUT2D eigenvalue weighted by Crippen LogP contribution is -2.49. The smallest absolute Gasteiger partial charge is 0.242 e. The zero-order chi connectivity index (χ0) is 28.1. The third kappa shape index (κ3) is 9.24. The monoisotopic (exact) mass is 547 g/mol. The Morgan fingerprint density at radius 2 is 1.74 bits per heavy atom. The van der Waals surface area contributed by atoms with Crippen LogP contribution in [-0.4, -0.2) is 64.2 Å². The Labute approximate surface area is 227 Å². The minimum absolute atomic E-state index is 0.0879. The number of ether oxygens (including phenoxy) is 2. The molecule has 2 aromatic carbocycles. The molecule has 1 N–H and O–H groups in total. The van der Waals surface area contributed by atoms with Gasteiger partial charge in [0, 0.05) is 26.1 Å². The van der Waals surface area contributed by atoms with Crippen LogP contribution in [0.4, 0.5) is 5.69 Å². The normalized spacial score (nSPS) is 11.9. The highest BCUT2D eigenvalue weighted by molar-refractivity contribution is 7.92. The summed E-state index contributed by atoms with van der Waals surface area (Å²) < 4.78 is 37.1. The van der Waals surface area contributed by atoms with Crippen molar-refractivity contribution in [1.29, 1.82) is 0 Å². The van der Waals surface area contributed by atoms with Gasteiger partial charge < -0.3 is 19.7 Å². The molecule has 210 valence electrons. The standard InChI is InChI=1S/C28H41N3O6S/c1-6-18-29-28(33)26(7-2)30(21-22-11-9-12-25(20-22)36-4)27(32)13-10-19-31(38(5,34)35)23-14-16-24(17-15-23)37-8-3/h9,11-12,14-17,20,26H,6-8,10,13,18-19,21H2,1-5H3,(H,29,33). The molecule has 0 saturated heterocycles. The molecule has 0 spiro atoms. The van der Waals surface area contributed by atoms with E-state index in [2.05, 4.69) is 5.32 Å². The van der Waals surface area contributed by atoms with E-state index in [9.17, 15) is 18.0 Å². The second kappa shape index (κ2) is 15.2. The molecule has 0 bridgehead atoms. The first-order valence-electron chi connectivity index (χ1n) is 13.0. The van der Waals surface area contributed by atoms with Crippen molar-refractivity contribution >= 4 is 27.5 Å². The molecule has 1 atom stereocenters. The number of amides is 2. The van der Waals surface area contributed by atoms with Gasteiger partial charge in [-0.25, -0.2) is 8.42 Å². The van der Waals surface area contributed by atoms with E-state index in [0.29, 0.717) is 43.2 Å². The van der Waals surface area contributed by atoms with Crippen LogP contribution in [0.3, 0.4) is 0 Å². The molecule has 0 saturated carbocycles. The van der Waals surface area contributed by atoms with Gasteiger partial charge in [0.05, 0.1) is 25.7 Å². The number of benzene rings is 2. The van der Waals surface area contributed by atoms with Crippen LogP contribution in [0.5, 0.6) is 11.5 Å². The van der Waals surface area contributed by atoms with E-state index in [-0.39, 0.29) is 31.3 Å². The number of hydrogen-bond acceptors (Lipinski definition) is 6. The third-order valence-corrected chi connectivity index (χ3v) is 7.20. The average Bonchev–Trinajstić information content (AvgIpc) is 2.89. The fourth-order valence-corrected chi connectivity index (χ4v) is 5.10. The van der Waals surface area contributed by atoms with Gasteiger partial charge in [0.2, 0.25) is 21.8 Å². The van der Waals surface area contributed by atoms with Crippen LogP contribution in [0.15, 0.2) is 48.5 Å². The van der Waals surface area contributed by atoms with Crippen molar-refractivity contribution in [3.8, 4) is 11.5 Å². The van der Waals surface area contributed by atoms with Gasteiger partial charge in [0.1, 0.15) is 17.5 Å². The Bertz CT molecular complexity index is 1140. The molecule has 0 radical (unpaired) electrons. The van der Waals surface area contributed by atoms with Crippen LogP contribution in [0, 0.1) is 0 Å². The Hall–Kier alpha value is -3.27. The SMILES string of the molecule is CCCNC(=O)C(CC)N(Cc1cccc(OC)c1)C(=O)CCCN(c1ccc(OCC)cc1)S(C)(=O)=O. The molecule has 0 aliphatic rings. The molecule has 9 nitrogen and oxygen atoms in total. The molecule has 2 rings (SSSR count). The summed E-state index contributed by atoms with van der Waals surface area (Å²) in [5, 5.41) is 2.90. The molecule has 10 heteroatoms. The summed E-state index contributed by atoms with van der Waals surface area (Å²) in [5.41, 5.74) is 1.34. The van der Waals surface area contributed by atoms with Gasteiger partial charge in [-0.05, 0) is 68.1 Å². The number of nitrogens with one attached hydrogen (secondary N) is 1. The largest absolute Gasteiger partial charge is 0.497 e. The summed E-state index contributed by atoms with van der Waals surface area (Å²) in [4.78, 5) is 28.0. The van der Waals surface area contributed by atoms with Gasteiger partial charge in [0.15, 0.2) is 0 Å². The van der Waals surface area contributed by atoms with Gasteiger partial charge in [0.25, 0.3) is 0 Å². The van der Waals surface area contributed by atoms with Crippen molar-refractivity contribution in [3.63, 3.8) is 0 Å². The van der Waals surface area contributed by atoms with Gasteiger partial charge in [-0.3, -0.25) is 13.9 Å². The van der Waals surface area contributed by atoms with E-state index in [1.807, 2.05) is 45.0 Å². The molecule has 0 aliphatic heterocycles. The minimum Gasteiger partial charge on any atom is -0.497 e. The van der Waals surface area contributed by atoms with Crippen molar-refractivity contribution in [3.05, 3.63) is 54.1 Å². The third-order valence-electron chi connectivity index (χ3n) is 6.01. The molecule has 1 unspecified atom stereocenters. The number of carbonyl (C=O) groups is 2. The van der Waals surface area contributed by atoms with Crippen LogP contribution in [-0.2, 0) is 26.2 Å². The van der Waals surface area contributed by atoms with E-state index in [1.54, 1.807) is 36.3 Å². The second-order valence-corrected chi connectivity index (χ2v) is 10.9. The number of carbonyl (C=O) groups excluding carboxylic acids is 2. The van der Waals surface area contributed by atoms with Gasteiger partial charge in [-0.15, -0.1) is 0 Å². The number of nitrogens with zero attached hydrogens (tertiary/aromatic N) is 2. The number of sulfonamides is 1. The van der Waals surface area contributed by atoms with Crippen LogP contribution >= 0.6 is 0 Å². The van der Waals surface area contributed by atoms with Crippen LogP contribution < -0.4 is 19.1 Å². The van der Waals surface area contributed by atoms with Crippen molar-refractivity contribution < 1.29 is 27.5 Å². The molecule has 0 fully saturated rings. The predicted molar refractivity (Wildman–Crippen MR) is 150 cm³/mol. The summed E-state index contributed by atoms with van der Waals surface area (Å²) in [6.45, 7) is 7.13. The topological polar surface area (TPSA) is 105 Å². The van der Waals surface area contributed by atoms with Crippen LogP contribution in [0.2, 0.25) is 0 Å². The lowest BCUT2D eigenvalue weighted by Gasteiger charge is -2.31. The fraction of sp³-hybridized carbons (Fsp3) is 0.500. The molecule has 0 heterocycles. The number of methoxy groups -OCH3 is 1. The van der Waals surface area contributed by atoms with Gasteiger partial charge >= 0.3 is 0 Å². The first kappa shape index (κ1) is 31.0. The summed E-state index contributed by atoms with van der Waals surface area (Å²) in [6.07, 6.45) is 2.77. The van der Waals surface area contributed by atoms with E-state index < -0.39 is 16.1 Å². The first-order chi connectivity index (χ1) is 18.1. The molecule has 2 aromatic rings. The lowest BCUT2D eigenvalue weighted by molar-refractivity contribution is -0.141. The summed E-state index contributed by atoms with van der Waals surface area (Å²) in [6, 6.07) is 13.6. The maximum atomic E-state index is 13.5. The molecule has 0 aromatic heterocycles. The maximum Gasteiger partial charge on any atom is 0.242 e. The molecule has 38 heavy (non-hydrogen) atoms. The quantitative estimate of drug-likeness (QED) is 0.341. The number of hydrogen-bond donors (Lipinski definition) is 1. The highest BCUT2D eigenvalue weighted by atomic mass is 32.2. The Balaban J connectivity index is 2.21. The average molecular weight is 548 g/mol. The second-order valence-electron chi connectivity index (χ2n) is 8.95. The summed E-state index contributed by atoms with van der Waals surface area (Å²) in [7, 11) is -2.00. The van der Waals surface area contributed by atoms with E-state index in [1.165, 1.54) is 4.31 Å².